The van der Waals surface area contributed by atoms with Crippen LogP contribution in [0.2, 0.25) is 0 Å². The van der Waals surface area contributed by atoms with Crippen molar-refractivity contribution in [3.8, 4) is 0 Å². The van der Waals surface area contributed by atoms with Crippen LogP contribution in [-0.4, -0.2) is 19.6 Å². The number of nitrogens with two attached hydrogens (primary N) is 1. The third-order valence-electron chi connectivity index (χ3n) is 3.84. The lowest BCUT2D eigenvalue weighted by molar-refractivity contribution is -0.143. The van der Waals surface area contributed by atoms with Crippen molar-refractivity contribution < 1.29 is 9.53 Å². The van der Waals surface area contributed by atoms with Gasteiger partial charge >= 0.3 is 5.97 Å². The van der Waals surface area contributed by atoms with E-state index in [0.29, 0.717) is 24.3 Å². The number of carbonyl (C=O) groups is 1. The zero-order valence-corrected chi connectivity index (χ0v) is 9.21. The Labute approximate surface area is 86.0 Å². The zero-order chi connectivity index (χ0) is 10.6. The molecule has 0 radical (unpaired) electrons. The maximum atomic E-state index is 11.2. The fourth-order valence-electron chi connectivity index (χ4n) is 2.52. The Bertz CT molecular complexity index is 194. The fourth-order valence-corrected chi connectivity index (χ4v) is 2.52. The van der Waals surface area contributed by atoms with Gasteiger partial charge in [0.1, 0.15) is 0 Å². The van der Waals surface area contributed by atoms with Gasteiger partial charge in [0.25, 0.3) is 0 Å². The number of rotatable bonds is 5. The number of carbonyl (C=O) groups excluding carboxylic acids is 1. The molecule has 3 nitrogen and oxygen atoms in total. The van der Waals surface area contributed by atoms with E-state index in [9.17, 15) is 4.79 Å². The molecule has 0 bridgehead atoms. The molecule has 0 aliphatic heterocycles. The van der Waals surface area contributed by atoms with E-state index in [1.165, 1.54) is 26.4 Å². The minimum Gasteiger partial charge on any atom is -0.469 e. The summed E-state index contributed by atoms with van der Waals surface area (Å²) in [5, 5.41) is 0. The second-order valence-electron chi connectivity index (χ2n) is 4.28. The molecule has 0 aromatic rings. The first-order chi connectivity index (χ1) is 6.68. The van der Waals surface area contributed by atoms with Crippen molar-refractivity contribution in [2.45, 2.75) is 39.0 Å². The summed E-state index contributed by atoms with van der Waals surface area (Å²) in [6.07, 6.45) is 5.35. The molecule has 0 heterocycles. The van der Waals surface area contributed by atoms with Gasteiger partial charge in [-0.2, -0.15) is 0 Å². The SMILES string of the molecule is CCC1(C(CN)CC(=O)OC)CCC1. The summed E-state index contributed by atoms with van der Waals surface area (Å²) in [7, 11) is 1.44. The molecule has 1 fully saturated rings. The van der Waals surface area contributed by atoms with E-state index in [0.717, 1.165) is 6.42 Å². The first-order valence-electron chi connectivity index (χ1n) is 5.45. The number of hydrogen-bond donors (Lipinski definition) is 1. The van der Waals surface area contributed by atoms with E-state index in [2.05, 4.69) is 6.92 Å². The van der Waals surface area contributed by atoms with Gasteiger partial charge in [0.15, 0.2) is 0 Å². The monoisotopic (exact) mass is 199 g/mol. The summed E-state index contributed by atoms with van der Waals surface area (Å²) in [6.45, 7) is 2.79. The molecular formula is C11H21NO2. The second kappa shape index (κ2) is 4.78. The molecule has 0 saturated heterocycles. The highest BCUT2D eigenvalue weighted by molar-refractivity contribution is 5.69. The van der Waals surface area contributed by atoms with E-state index < -0.39 is 0 Å². The van der Waals surface area contributed by atoms with E-state index in [4.69, 9.17) is 10.5 Å². The van der Waals surface area contributed by atoms with Crippen molar-refractivity contribution in [3.05, 3.63) is 0 Å². The highest BCUT2D eigenvalue weighted by atomic mass is 16.5. The highest BCUT2D eigenvalue weighted by Gasteiger charge is 2.42. The van der Waals surface area contributed by atoms with Crippen LogP contribution in [0.3, 0.4) is 0 Å². The third-order valence-corrected chi connectivity index (χ3v) is 3.84. The van der Waals surface area contributed by atoms with Crippen LogP contribution in [0.25, 0.3) is 0 Å². The minimum absolute atomic E-state index is 0.125. The quantitative estimate of drug-likeness (QED) is 0.686. The van der Waals surface area contributed by atoms with Gasteiger partial charge in [-0.25, -0.2) is 0 Å². The molecule has 1 aliphatic rings. The van der Waals surface area contributed by atoms with Gasteiger partial charge in [0.2, 0.25) is 0 Å². The lowest BCUT2D eigenvalue weighted by Crippen LogP contribution is -2.41. The van der Waals surface area contributed by atoms with Crippen LogP contribution >= 0.6 is 0 Å². The molecule has 14 heavy (non-hydrogen) atoms. The zero-order valence-electron chi connectivity index (χ0n) is 9.21. The average molecular weight is 199 g/mol. The van der Waals surface area contributed by atoms with Crippen LogP contribution in [0.5, 0.6) is 0 Å². The Balaban J connectivity index is 2.55. The van der Waals surface area contributed by atoms with Crippen molar-refractivity contribution in [1.29, 1.82) is 0 Å². The van der Waals surface area contributed by atoms with Gasteiger partial charge in [-0.1, -0.05) is 19.8 Å². The molecule has 1 aliphatic carbocycles. The second-order valence-corrected chi connectivity index (χ2v) is 4.28. The molecule has 82 valence electrons. The Morgan fingerprint density at radius 3 is 2.50 bits per heavy atom. The predicted octanol–water partition coefficient (Wildman–Crippen LogP) is 1.70. The molecule has 0 aromatic carbocycles. The Kier molecular flexibility index (Phi) is 3.93. The fraction of sp³-hybridized carbons (Fsp3) is 0.909. The van der Waals surface area contributed by atoms with Gasteiger partial charge < -0.3 is 10.5 Å². The van der Waals surface area contributed by atoms with E-state index in [1.54, 1.807) is 0 Å². The summed E-state index contributed by atoms with van der Waals surface area (Å²) in [6, 6.07) is 0. The molecule has 0 amide bonds. The van der Waals surface area contributed by atoms with Gasteiger partial charge in [-0.3, -0.25) is 4.79 Å². The summed E-state index contributed by atoms with van der Waals surface area (Å²) in [5.41, 5.74) is 6.08. The molecule has 1 rings (SSSR count). The molecule has 1 unspecified atom stereocenters. The smallest absolute Gasteiger partial charge is 0.305 e. The number of esters is 1. The standard InChI is InChI=1S/C11H21NO2/c1-3-11(5-4-6-11)9(8-12)7-10(13)14-2/h9H,3-8,12H2,1-2H3. The van der Waals surface area contributed by atoms with Crippen LogP contribution in [0.4, 0.5) is 0 Å². The van der Waals surface area contributed by atoms with E-state index >= 15 is 0 Å². The Hall–Kier alpha value is -0.570. The van der Waals surface area contributed by atoms with Gasteiger partial charge in [0.05, 0.1) is 13.5 Å². The van der Waals surface area contributed by atoms with E-state index in [-0.39, 0.29) is 5.97 Å². The van der Waals surface area contributed by atoms with Crippen LogP contribution in [-0.2, 0) is 9.53 Å². The summed E-state index contributed by atoms with van der Waals surface area (Å²) >= 11 is 0. The maximum absolute atomic E-state index is 11.2. The van der Waals surface area contributed by atoms with Crippen molar-refractivity contribution in [1.82, 2.24) is 0 Å². The van der Waals surface area contributed by atoms with Gasteiger partial charge in [-0.05, 0) is 30.7 Å². The number of ether oxygens (including phenoxy) is 1. The number of methoxy groups -OCH3 is 1. The normalized spacial score (nSPS) is 21.1. The maximum Gasteiger partial charge on any atom is 0.305 e. The molecule has 1 saturated carbocycles. The lowest BCUT2D eigenvalue weighted by atomic mass is 9.59. The van der Waals surface area contributed by atoms with Crippen molar-refractivity contribution >= 4 is 5.97 Å². The van der Waals surface area contributed by atoms with Crippen LogP contribution < -0.4 is 5.73 Å². The molecular weight excluding hydrogens is 178 g/mol. The van der Waals surface area contributed by atoms with Gasteiger partial charge in [-0.15, -0.1) is 0 Å². The summed E-state index contributed by atoms with van der Waals surface area (Å²) in [5.74, 6) is 0.189. The topological polar surface area (TPSA) is 52.3 Å². The molecule has 0 spiro atoms. The van der Waals surface area contributed by atoms with Gasteiger partial charge in [0, 0.05) is 0 Å². The largest absolute Gasteiger partial charge is 0.469 e. The van der Waals surface area contributed by atoms with Crippen molar-refractivity contribution in [2.75, 3.05) is 13.7 Å². The Morgan fingerprint density at radius 1 is 1.57 bits per heavy atom. The lowest BCUT2D eigenvalue weighted by Gasteiger charge is -2.47. The number of hydrogen-bond acceptors (Lipinski definition) is 3. The molecule has 3 heteroatoms. The Morgan fingerprint density at radius 2 is 2.21 bits per heavy atom. The molecule has 1 atom stereocenters. The van der Waals surface area contributed by atoms with E-state index in [1.807, 2.05) is 0 Å². The first-order valence-corrected chi connectivity index (χ1v) is 5.45. The van der Waals surface area contributed by atoms with Crippen molar-refractivity contribution in [2.24, 2.45) is 17.1 Å². The van der Waals surface area contributed by atoms with Crippen LogP contribution in [0.15, 0.2) is 0 Å². The van der Waals surface area contributed by atoms with Crippen LogP contribution in [0, 0.1) is 11.3 Å². The summed E-state index contributed by atoms with van der Waals surface area (Å²) < 4.78 is 4.70. The molecule has 2 N–H and O–H groups in total. The van der Waals surface area contributed by atoms with Crippen molar-refractivity contribution in [3.63, 3.8) is 0 Å². The third kappa shape index (κ3) is 2.08. The predicted molar refractivity (Wildman–Crippen MR) is 55.8 cm³/mol. The molecule has 0 aromatic heterocycles. The minimum atomic E-state index is -0.125. The summed E-state index contributed by atoms with van der Waals surface area (Å²) in [4.78, 5) is 11.2. The van der Waals surface area contributed by atoms with Crippen LogP contribution in [0.1, 0.15) is 39.0 Å². The highest BCUT2D eigenvalue weighted by Crippen LogP contribution is 2.50. The first kappa shape index (κ1) is 11.5. The average Bonchev–Trinajstić information content (AvgIpc) is 2.15.